The van der Waals surface area contributed by atoms with Crippen LogP contribution in [0.25, 0.3) is 0 Å². The predicted molar refractivity (Wildman–Crippen MR) is 71.3 cm³/mol. The predicted octanol–water partition coefficient (Wildman–Crippen LogP) is 2.02. The smallest absolute Gasteiger partial charge is 0.0618 e. The first-order chi connectivity index (χ1) is 8.35. The normalized spacial score (nSPS) is 27.4. The van der Waals surface area contributed by atoms with Gasteiger partial charge in [0.05, 0.1) is 6.61 Å². The largest absolute Gasteiger partial charge is 0.383 e. The maximum atomic E-state index is 5.38. The molecule has 2 unspecified atom stereocenters. The number of hydrogen-bond acceptors (Lipinski definition) is 3. The van der Waals surface area contributed by atoms with Crippen molar-refractivity contribution in [2.75, 3.05) is 26.8 Å². The lowest BCUT2D eigenvalue weighted by molar-refractivity contribution is 0.0725. The highest BCUT2D eigenvalue weighted by molar-refractivity contribution is 4.91. The van der Waals surface area contributed by atoms with E-state index in [0.717, 1.165) is 18.7 Å². The average molecular weight is 240 g/mol. The number of piperidine rings is 1. The van der Waals surface area contributed by atoms with E-state index < -0.39 is 0 Å². The zero-order valence-electron chi connectivity index (χ0n) is 11.5. The van der Waals surface area contributed by atoms with Crippen molar-refractivity contribution >= 4 is 0 Å². The molecule has 2 rings (SSSR count). The van der Waals surface area contributed by atoms with Gasteiger partial charge < -0.3 is 10.1 Å². The highest BCUT2D eigenvalue weighted by atomic mass is 16.5. The van der Waals surface area contributed by atoms with E-state index in [4.69, 9.17) is 4.74 Å². The van der Waals surface area contributed by atoms with Crippen molar-refractivity contribution in [1.29, 1.82) is 0 Å². The number of methoxy groups -OCH3 is 1. The summed E-state index contributed by atoms with van der Waals surface area (Å²) in [5, 5.41) is 3.67. The Kier molecular flexibility index (Phi) is 5.26. The lowest BCUT2D eigenvalue weighted by Crippen LogP contribution is -2.49. The number of ether oxygens (including phenoxy) is 1. The molecule has 0 aromatic rings. The van der Waals surface area contributed by atoms with Crippen LogP contribution >= 0.6 is 0 Å². The first kappa shape index (κ1) is 13.3. The second kappa shape index (κ2) is 6.72. The minimum absolute atomic E-state index is 0.622. The lowest BCUT2D eigenvalue weighted by atomic mass is 10.0. The summed E-state index contributed by atoms with van der Waals surface area (Å²) in [5.74, 6) is 0. The van der Waals surface area contributed by atoms with Gasteiger partial charge in [0.15, 0.2) is 0 Å². The van der Waals surface area contributed by atoms with Crippen molar-refractivity contribution < 1.29 is 4.74 Å². The van der Waals surface area contributed by atoms with Crippen LogP contribution in [0.2, 0.25) is 0 Å². The monoisotopic (exact) mass is 240 g/mol. The topological polar surface area (TPSA) is 24.5 Å². The second-order valence-electron chi connectivity index (χ2n) is 5.59. The molecule has 0 aromatic heterocycles. The van der Waals surface area contributed by atoms with Crippen LogP contribution < -0.4 is 5.32 Å². The molecule has 1 aliphatic carbocycles. The quantitative estimate of drug-likeness (QED) is 0.737. The molecular formula is C14H28N2O. The Morgan fingerprint density at radius 2 is 2.12 bits per heavy atom. The van der Waals surface area contributed by atoms with Crippen LogP contribution in [0.5, 0.6) is 0 Å². The van der Waals surface area contributed by atoms with Gasteiger partial charge >= 0.3 is 0 Å². The molecule has 0 amide bonds. The number of nitrogens with zero attached hydrogens (tertiary/aromatic N) is 1. The molecular weight excluding hydrogens is 212 g/mol. The Morgan fingerprint density at radius 3 is 2.65 bits per heavy atom. The molecule has 2 atom stereocenters. The minimum Gasteiger partial charge on any atom is -0.383 e. The van der Waals surface area contributed by atoms with Crippen molar-refractivity contribution in [3.05, 3.63) is 0 Å². The Labute approximate surface area is 106 Å². The lowest BCUT2D eigenvalue weighted by Gasteiger charge is -2.35. The van der Waals surface area contributed by atoms with E-state index >= 15 is 0 Å². The van der Waals surface area contributed by atoms with Crippen LogP contribution in [0.15, 0.2) is 0 Å². The van der Waals surface area contributed by atoms with Gasteiger partial charge in [-0.2, -0.15) is 0 Å². The van der Waals surface area contributed by atoms with Gasteiger partial charge in [0.25, 0.3) is 0 Å². The maximum Gasteiger partial charge on any atom is 0.0618 e. The van der Waals surface area contributed by atoms with Gasteiger partial charge in [0.2, 0.25) is 0 Å². The molecule has 0 bridgehead atoms. The summed E-state index contributed by atoms with van der Waals surface area (Å²) < 4.78 is 5.38. The molecule has 1 saturated heterocycles. The zero-order chi connectivity index (χ0) is 12.1. The summed E-state index contributed by atoms with van der Waals surface area (Å²) in [7, 11) is 1.83. The van der Waals surface area contributed by atoms with Crippen LogP contribution in [0.3, 0.4) is 0 Å². The fourth-order valence-electron chi connectivity index (χ4n) is 2.98. The summed E-state index contributed by atoms with van der Waals surface area (Å²) in [6.07, 6.45) is 8.11. The highest BCUT2D eigenvalue weighted by Crippen LogP contribution is 2.30. The molecule has 1 heterocycles. The van der Waals surface area contributed by atoms with E-state index in [1.54, 1.807) is 0 Å². The van der Waals surface area contributed by atoms with Gasteiger partial charge in [-0.15, -0.1) is 0 Å². The van der Waals surface area contributed by atoms with Crippen LogP contribution in [0.1, 0.15) is 45.4 Å². The molecule has 1 saturated carbocycles. The number of hydrogen-bond donors (Lipinski definition) is 1. The van der Waals surface area contributed by atoms with Crippen molar-refractivity contribution in [3.8, 4) is 0 Å². The summed E-state index contributed by atoms with van der Waals surface area (Å²) in [6.45, 7) is 5.61. The summed E-state index contributed by atoms with van der Waals surface area (Å²) in [6, 6.07) is 2.19. The molecule has 2 aliphatic rings. The summed E-state index contributed by atoms with van der Waals surface area (Å²) >= 11 is 0. The molecule has 17 heavy (non-hydrogen) atoms. The van der Waals surface area contributed by atoms with Gasteiger partial charge in [-0.25, -0.2) is 0 Å². The van der Waals surface area contributed by atoms with Crippen molar-refractivity contribution in [1.82, 2.24) is 10.2 Å². The Balaban J connectivity index is 1.86. The third kappa shape index (κ3) is 3.94. The van der Waals surface area contributed by atoms with E-state index in [1.807, 2.05) is 7.11 Å². The first-order valence-corrected chi connectivity index (χ1v) is 7.33. The summed E-state index contributed by atoms with van der Waals surface area (Å²) in [5.41, 5.74) is 0. The summed E-state index contributed by atoms with van der Waals surface area (Å²) in [4.78, 5) is 2.71. The maximum absolute atomic E-state index is 5.38. The van der Waals surface area contributed by atoms with Crippen molar-refractivity contribution in [2.45, 2.75) is 63.6 Å². The molecule has 0 spiro atoms. The SMILES string of the molecule is CCC(COC)N(CC1CCCCN1)C1CC1. The van der Waals surface area contributed by atoms with E-state index in [9.17, 15) is 0 Å². The van der Waals surface area contributed by atoms with Gasteiger partial charge in [0.1, 0.15) is 0 Å². The Bertz CT molecular complexity index is 212. The van der Waals surface area contributed by atoms with Crippen molar-refractivity contribution in [3.63, 3.8) is 0 Å². The standard InChI is InChI=1S/C14H28N2O/c1-3-13(11-17-2)16(14-7-8-14)10-12-6-4-5-9-15-12/h12-15H,3-11H2,1-2H3. The minimum atomic E-state index is 0.622. The van der Waals surface area contributed by atoms with Crippen LogP contribution in [0, 0.1) is 0 Å². The van der Waals surface area contributed by atoms with Gasteiger partial charge in [0, 0.05) is 31.8 Å². The highest BCUT2D eigenvalue weighted by Gasteiger charge is 2.34. The third-order valence-electron chi connectivity index (χ3n) is 4.16. The van der Waals surface area contributed by atoms with Gasteiger partial charge in [-0.3, -0.25) is 4.90 Å². The number of rotatable bonds is 7. The van der Waals surface area contributed by atoms with E-state index in [-0.39, 0.29) is 0 Å². The molecule has 2 fully saturated rings. The van der Waals surface area contributed by atoms with Crippen molar-refractivity contribution in [2.24, 2.45) is 0 Å². The van der Waals surface area contributed by atoms with Crippen LogP contribution in [-0.4, -0.2) is 49.8 Å². The second-order valence-corrected chi connectivity index (χ2v) is 5.59. The van der Waals surface area contributed by atoms with Crippen LogP contribution in [-0.2, 0) is 4.74 Å². The van der Waals surface area contributed by atoms with Gasteiger partial charge in [-0.1, -0.05) is 13.3 Å². The van der Waals surface area contributed by atoms with E-state index in [1.165, 1.54) is 51.6 Å². The molecule has 100 valence electrons. The Morgan fingerprint density at radius 1 is 1.29 bits per heavy atom. The Hall–Kier alpha value is -0.120. The molecule has 3 nitrogen and oxygen atoms in total. The molecule has 3 heteroatoms. The molecule has 0 aromatic carbocycles. The first-order valence-electron chi connectivity index (χ1n) is 7.33. The average Bonchev–Trinajstić information content (AvgIpc) is 3.19. The zero-order valence-corrected chi connectivity index (χ0v) is 11.5. The number of nitrogens with one attached hydrogen (secondary N) is 1. The molecule has 1 N–H and O–H groups in total. The van der Waals surface area contributed by atoms with Gasteiger partial charge in [-0.05, 0) is 38.6 Å². The van der Waals surface area contributed by atoms with E-state index in [0.29, 0.717) is 6.04 Å². The fraction of sp³-hybridized carbons (Fsp3) is 1.00. The third-order valence-corrected chi connectivity index (χ3v) is 4.16. The van der Waals surface area contributed by atoms with E-state index in [2.05, 4.69) is 17.1 Å². The molecule has 1 aliphatic heterocycles. The fourth-order valence-corrected chi connectivity index (χ4v) is 2.98. The molecule has 0 radical (unpaired) electrons. The van der Waals surface area contributed by atoms with Crippen LogP contribution in [0.4, 0.5) is 0 Å².